The summed E-state index contributed by atoms with van der Waals surface area (Å²) >= 11 is 5.81. The molecule has 0 saturated heterocycles. The highest BCUT2D eigenvalue weighted by atomic mass is 35.5. The summed E-state index contributed by atoms with van der Waals surface area (Å²) in [4.78, 5) is 0. The number of aromatic amines is 1. The lowest BCUT2D eigenvalue weighted by Gasteiger charge is -2.07. The summed E-state index contributed by atoms with van der Waals surface area (Å²) in [6.07, 6.45) is 1.59. The average Bonchev–Trinajstić information content (AvgIpc) is 2.83. The molecule has 7 heteroatoms. The molecule has 6 nitrogen and oxygen atoms in total. The van der Waals surface area contributed by atoms with Crippen LogP contribution in [-0.2, 0) is 5.88 Å². The molecule has 0 saturated carbocycles. The molecule has 2 aromatic rings. The second kappa shape index (κ2) is 4.84. The molecule has 1 heterocycles. The number of hydrogen-bond acceptors (Lipinski definition) is 5. The Morgan fingerprint density at radius 3 is 2.71 bits per heavy atom. The van der Waals surface area contributed by atoms with Crippen LogP contribution in [0, 0.1) is 0 Å². The van der Waals surface area contributed by atoms with Gasteiger partial charge in [-0.3, -0.25) is 5.10 Å². The molecule has 0 bridgehead atoms. The van der Waals surface area contributed by atoms with Crippen molar-refractivity contribution in [2.75, 3.05) is 11.5 Å². The number of nitrogens with one attached hydrogen (secondary N) is 1. The van der Waals surface area contributed by atoms with Gasteiger partial charge in [-0.25, -0.2) is 0 Å². The number of halogens is 1. The first kappa shape index (κ1) is 11.4. The molecular weight excluding hydrogens is 240 g/mol. The van der Waals surface area contributed by atoms with Crippen molar-refractivity contribution >= 4 is 34.5 Å². The lowest BCUT2D eigenvalue weighted by molar-refractivity contribution is 1.05. The number of alkyl halides is 1. The van der Waals surface area contributed by atoms with Gasteiger partial charge in [-0.15, -0.1) is 21.8 Å². The Kier molecular flexibility index (Phi) is 3.24. The van der Waals surface area contributed by atoms with Gasteiger partial charge in [-0.1, -0.05) is 0 Å². The lowest BCUT2D eigenvalue weighted by atomic mass is 10.1. The molecule has 2 rings (SSSR count). The molecule has 0 aliphatic carbocycles. The quantitative estimate of drug-likeness (QED) is 0.443. The van der Waals surface area contributed by atoms with E-state index in [0.717, 1.165) is 0 Å². The molecule has 0 aliphatic rings. The van der Waals surface area contributed by atoms with Crippen LogP contribution < -0.4 is 11.5 Å². The average molecular weight is 251 g/mol. The molecule has 0 aliphatic heterocycles. The number of nitrogens with zero attached hydrogens (tertiary/aromatic N) is 3. The third-order valence-electron chi connectivity index (χ3n) is 2.25. The van der Waals surface area contributed by atoms with Gasteiger partial charge in [0.2, 0.25) is 0 Å². The number of anilines is 2. The van der Waals surface area contributed by atoms with Gasteiger partial charge >= 0.3 is 0 Å². The van der Waals surface area contributed by atoms with Crippen LogP contribution in [0.25, 0.3) is 0 Å². The molecule has 0 unspecified atom stereocenters. The van der Waals surface area contributed by atoms with Crippen LogP contribution in [0.5, 0.6) is 0 Å². The minimum atomic E-state index is 0.230. The molecule has 88 valence electrons. The van der Waals surface area contributed by atoms with E-state index in [9.17, 15) is 0 Å². The summed E-state index contributed by atoms with van der Waals surface area (Å²) in [5.74, 6) is 0.787. The summed E-state index contributed by atoms with van der Waals surface area (Å²) in [5.41, 5.74) is 13.7. The van der Waals surface area contributed by atoms with Gasteiger partial charge in [0.05, 0.1) is 29.1 Å². The second-order valence-electron chi connectivity index (χ2n) is 3.34. The lowest BCUT2D eigenvalue weighted by Crippen LogP contribution is -1.98. The van der Waals surface area contributed by atoms with E-state index in [1.54, 1.807) is 24.4 Å². The zero-order valence-electron chi connectivity index (χ0n) is 8.89. The fraction of sp³-hybridized carbons (Fsp3) is 0.100. The standard InChI is InChI=1S/C10H11ClN6/c11-5-6-8(2-1-7(12)10(6)13)15-17-9-3-4-14-16-9/h1-4H,5,12-13H2,(H,14,16). The Balaban J connectivity index is 2.36. The molecular formula is C10H11ClN6. The fourth-order valence-electron chi connectivity index (χ4n) is 1.32. The molecule has 1 aromatic carbocycles. The number of nitrogens with two attached hydrogens (primary N) is 2. The predicted octanol–water partition coefficient (Wildman–Crippen LogP) is 2.73. The molecule has 0 atom stereocenters. The van der Waals surface area contributed by atoms with Gasteiger partial charge in [0.15, 0.2) is 5.82 Å². The molecule has 5 N–H and O–H groups in total. The van der Waals surface area contributed by atoms with Gasteiger partial charge in [-0.2, -0.15) is 5.10 Å². The number of hydrogen-bond donors (Lipinski definition) is 3. The van der Waals surface area contributed by atoms with Crippen LogP contribution in [-0.4, -0.2) is 10.2 Å². The third-order valence-corrected chi connectivity index (χ3v) is 2.52. The van der Waals surface area contributed by atoms with Crippen molar-refractivity contribution in [3.63, 3.8) is 0 Å². The van der Waals surface area contributed by atoms with Crippen molar-refractivity contribution in [1.82, 2.24) is 10.2 Å². The summed E-state index contributed by atoms with van der Waals surface area (Å²) < 4.78 is 0. The first-order valence-corrected chi connectivity index (χ1v) is 5.39. The third kappa shape index (κ3) is 2.36. The summed E-state index contributed by atoms with van der Waals surface area (Å²) in [6.45, 7) is 0. The molecule has 0 spiro atoms. The van der Waals surface area contributed by atoms with E-state index < -0.39 is 0 Å². The van der Waals surface area contributed by atoms with Gasteiger partial charge in [-0.05, 0) is 12.1 Å². The Morgan fingerprint density at radius 1 is 1.24 bits per heavy atom. The molecule has 0 radical (unpaired) electrons. The van der Waals surface area contributed by atoms with E-state index in [4.69, 9.17) is 23.1 Å². The minimum Gasteiger partial charge on any atom is -0.397 e. The number of azo groups is 1. The number of aromatic nitrogens is 2. The van der Waals surface area contributed by atoms with Crippen molar-refractivity contribution in [3.8, 4) is 0 Å². The first-order valence-electron chi connectivity index (χ1n) is 4.86. The van der Waals surface area contributed by atoms with Crippen molar-refractivity contribution < 1.29 is 0 Å². The number of benzene rings is 1. The SMILES string of the molecule is Nc1ccc(N=Nc2ccn[nH]2)c(CCl)c1N. The Labute approximate surface area is 103 Å². The molecule has 1 aromatic heterocycles. The smallest absolute Gasteiger partial charge is 0.170 e. The number of nitrogen functional groups attached to an aromatic ring is 2. The van der Waals surface area contributed by atoms with E-state index >= 15 is 0 Å². The Morgan fingerprint density at radius 2 is 2.06 bits per heavy atom. The first-order chi connectivity index (χ1) is 8.22. The molecule has 17 heavy (non-hydrogen) atoms. The minimum absolute atomic E-state index is 0.230. The van der Waals surface area contributed by atoms with Gasteiger partial charge in [0.1, 0.15) is 0 Å². The van der Waals surface area contributed by atoms with Gasteiger partial charge < -0.3 is 11.5 Å². The highest BCUT2D eigenvalue weighted by Crippen LogP contribution is 2.31. The Bertz CT molecular complexity index is 534. The largest absolute Gasteiger partial charge is 0.397 e. The van der Waals surface area contributed by atoms with Gasteiger partial charge in [0, 0.05) is 11.6 Å². The van der Waals surface area contributed by atoms with E-state index in [1.807, 2.05) is 0 Å². The second-order valence-corrected chi connectivity index (χ2v) is 3.61. The highest BCUT2D eigenvalue weighted by Gasteiger charge is 2.07. The van der Waals surface area contributed by atoms with E-state index in [1.165, 1.54) is 0 Å². The topological polar surface area (TPSA) is 105 Å². The van der Waals surface area contributed by atoms with Gasteiger partial charge in [0.25, 0.3) is 0 Å². The summed E-state index contributed by atoms with van der Waals surface area (Å²) in [6, 6.07) is 5.10. The van der Waals surface area contributed by atoms with Crippen LogP contribution in [0.2, 0.25) is 0 Å². The predicted molar refractivity (Wildman–Crippen MR) is 67.6 cm³/mol. The van der Waals surface area contributed by atoms with Crippen LogP contribution in [0.1, 0.15) is 5.56 Å². The maximum atomic E-state index is 5.81. The van der Waals surface area contributed by atoms with E-state index in [0.29, 0.717) is 28.4 Å². The fourth-order valence-corrected chi connectivity index (χ4v) is 1.60. The van der Waals surface area contributed by atoms with E-state index in [-0.39, 0.29) is 5.88 Å². The zero-order valence-corrected chi connectivity index (χ0v) is 9.65. The maximum absolute atomic E-state index is 5.81. The number of H-pyrrole nitrogens is 1. The highest BCUT2D eigenvalue weighted by molar-refractivity contribution is 6.18. The summed E-state index contributed by atoms with van der Waals surface area (Å²) in [5, 5.41) is 14.5. The molecule has 0 amide bonds. The van der Waals surface area contributed by atoms with Crippen molar-refractivity contribution in [1.29, 1.82) is 0 Å². The Hall–Kier alpha value is -2.08. The van der Waals surface area contributed by atoms with Crippen molar-refractivity contribution in [3.05, 3.63) is 30.0 Å². The summed E-state index contributed by atoms with van der Waals surface area (Å²) in [7, 11) is 0. The van der Waals surface area contributed by atoms with Crippen LogP contribution in [0.3, 0.4) is 0 Å². The zero-order chi connectivity index (χ0) is 12.3. The normalized spacial score (nSPS) is 11.1. The van der Waals surface area contributed by atoms with E-state index in [2.05, 4.69) is 20.4 Å². The number of rotatable bonds is 3. The van der Waals surface area contributed by atoms with Crippen LogP contribution in [0.4, 0.5) is 22.9 Å². The van der Waals surface area contributed by atoms with Crippen LogP contribution >= 0.6 is 11.6 Å². The van der Waals surface area contributed by atoms with Crippen molar-refractivity contribution in [2.24, 2.45) is 10.2 Å². The molecule has 0 fully saturated rings. The maximum Gasteiger partial charge on any atom is 0.170 e. The van der Waals surface area contributed by atoms with Crippen LogP contribution in [0.15, 0.2) is 34.6 Å². The van der Waals surface area contributed by atoms with Crippen molar-refractivity contribution in [2.45, 2.75) is 5.88 Å². The monoisotopic (exact) mass is 250 g/mol.